The largest absolute Gasteiger partial charge is 0.326 e. The molecule has 25 heavy (non-hydrogen) atoms. The smallest absolute Gasteiger partial charge is 0.227 e. The summed E-state index contributed by atoms with van der Waals surface area (Å²) in [7, 11) is 4.51. The van der Waals surface area contributed by atoms with Crippen molar-refractivity contribution in [2.75, 3.05) is 26.0 Å². The molecule has 1 atom stereocenters. The fraction of sp³-hybridized carbons (Fsp3) is 0.409. The predicted molar refractivity (Wildman–Crippen MR) is 107 cm³/mol. The number of nitrogens with zero attached hydrogens (tertiary/aromatic N) is 1. The van der Waals surface area contributed by atoms with Gasteiger partial charge in [-0.3, -0.25) is 4.79 Å². The van der Waals surface area contributed by atoms with Crippen LogP contribution in [-0.2, 0) is 11.3 Å². The van der Waals surface area contributed by atoms with E-state index in [0.29, 0.717) is 0 Å². The molecule has 0 aliphatic heterocycles. The van der Waals surface area contributed by atoms with Crippen molar-refractivity contribution in [1.29, 1.82) is 0 Å². The van der Waals surface area contributed by atoms with E-state index < -0.39 is 0 Å². The molecule has 0 aliphatic carbocycles. The summed E-state index contributed by atoms with van der Waals surface area (Å²) < 4.78 is 1.06. The first-order chi connectivity index (χ1) is 11.9. The number of carbonyl (C=O) groups is 1. The highest BCUT2D eigenvalue weighted by atomic mass is 16.1. The molecule has 1 amide bonds. The molecule has 0 aliphatic rings. The lowest BCUT2D eigenvalue weighted by Gasteiger charge is -2.28. The first kappa shape index (κ1) is 20.9. The maximum Gasteiger partial charge on any atom is 0.227 e. The summed E-state index contributed by atoms with van der Waals surface area (Å²) >= 11 is 0. The van der Waals surface area contributed by atoms with E-state index in [1.807, 2.05) is 44.2 Å². The number of carbonyl (C=O) groups excluding carboxylic acids is 1. The van der Waals surface area contributed by atoms with E-state index >= 15 is 0 Å². The second-order valence-electron chi connectivity index (χ2n) is 7.06. The fourth-order valence-corrected chi connectivity index (χ4v) is 2.16. The Bertz CT molecular complexity index is 608. The van der Waals surface area contributed by atoms with Crippen LogP contribution in [0.5, 0.6) is 0 Å². The molecule has 2 aromatic rings. The number of anilines is 1. The van der Waals surface area contributed by atoms with Crippen LogP contribution in [-0.4, -0.2) is 31.0 Å². The minimum atomic E-state index is 0.0835. The quantitative estimate of drug-likeness (QED) is 0.740. The van der Waals surface area contributed by atoms with Gasteiger partial charge < -0.3 is 9.80 Å². The van der Waals surface area contributed by atoms with Gasteiger partial charge in [0.25, 0.3) is 0 Å². The van der Waals surface area contributed by atoms with E-state index in [-0.39, 0.29) is 11.8 Å². The number of quaternary nitrogens is 1. The number of rotatable bonds is 6. The summed E-state index contributed by atoms with van der Waals surface area (Å²) in [5, 5.41) is 2.85. The zero-order valence-electron chi connectivity index (χ0n) is 16.3. The van der Waals surface area contributed by atoms with E-state index in [9.17, 15) is 4.79 Å². The molecule has 0 spiro atoms. The molecule has 2 rings (SSSR count). The highest BCUT2D eigenvalue weighted by Gasteiger charge is 2.11. The molecule has 1 N–H and O–H groups in total. The summed E-state index contributed by atoms with van der Waals surface area (Å²) in [5.74, 6) is 0.175. The molecule has 3 heteroatoms. The fourth-order valence-electron chi connectivity index (χ4n) is 2.16. The Morgan fingerprint density at radius 2 is 1.48 bits per heavy atom. The molecule has 0 aromatic heterocycles. The lowest BCUT2D eigenvalue weighted by Crippen LogP contribution is -2.38. The maximum atomic E-state index is 11.4. The van der Waals surface area contributed by atoms with Crippen LogP contribution in [0, 0.1) is 5.92 Å². The van der Waals surface area contributed by atoms with E-state index in [1.165, 1.54) is 12.1 Å². The average molecular weight is 342 g/mol. The van der Waals surface area contributed by atoms with Gasteiger partial charge >= 0.3 is 0 Å². The Hall–Kier alpha value is -2.13. The van der Waals surface area contributed by atoms with Crippen molar-refractivity contribution in [3.05, 3.63) is 66.2 Å². The average Bonchev–Trinajstić information content (AvgIpc) is 2.63. The van der Waals surface area contributed by atoms with Crippen LogP contribution in [0.4, 0.5) is 5.69 Å². The Morgan fingerprint density at radius 3 is 1.96 bits per heavy atom. The van der Waals surface area contributed by atoms with Crippen LogP contribution in [0.2, 0.25) is 0 Å². The SMILES string of the molecule is CCC(C)C(=O)Nc1ccccc1.CC[N+](C)(C)Cc1ccccc1. The number of benzene rings is 2. The normalized spacial score (nSPS) is 11.9. The van der Waals surface area contributed by atoms with Crippen LogP contribution in [0.1, 0.15) is 32.8 Å². The van der Waals surface area contributed by atoms with Gasteiger partial charge in [0, 0.05) is 17.2 Å². The third-order valence-corrected chi connectivity index (χ3v) is 4.41. The Balaban J connectivity index is 0.000000251. The van der Waals surface area contributed by atoms with Crippen LogP contribution >= 0.6 is 0 Å². The van der Waals surface area contributed by atoms with Crippen molar-refractivity contribution < 1.29 is 9.28 Å². The molecule has 0 fully saturated rings. The number of hydrogen-bond acceptors (Lipinski definition) is 1. The van der Waals surface area contributed by atoms with Gasteiger partial charge in [-0.15, -0.1) is 0 Å². The van der Waals surface area contributed by atoms with E-state index in [0.717, 1.165) is 23.1 Å². The van der Waals surface area contributed by atoms with E-state index in [4.69, 9.17) is 0 Å². The Kier molecular flexibility index (Phi) is 8.93. The maximum absolute atomic E-state index is 11.4. The standard InChI is InChI=1S/C11H15NO.C11H18N/c1-3-9(2)11(13)12-10-7-5-4-6-8-10;1-4-12(2,3)10-11-8-6-5-7-9-11/h4-9H,3H2,1-2H3,(H,12,13);5-9H,4,10H2,1-3H3/q;+1. The van der Waals surface area contributed by atoms with Crippen molar-refractivity contribution in [2.24, 2.45) is 5.92 Å². The molecule has 0 radical (unpaired) electrons. The first-order valence-electron chi connectivity index (χ1n) is 9.09. The Labute approximate surface area is 153 Å². The van der Waals surface area contributed by atoms with Gasteiger partial charge in [0.2, 0.25) is 5.91 Å². The summed E-state index contributed by atoms with van der Waals surface area (Å²) in [4.78, 5) is 11.4. The molecule has 0 saturated heterocycles. The predicted octanol–water partition coefficient (Wildman–Crippen LogP) is 4.95. The highest BCUT2D eigenvalue weighted by Crippen LogP contribution is 2.09. The van der Waals surface area contributed by atoms with Crippen molar-refractivity contribution in [3.63, 3.8) is 0 Å². The molecule has 2 aromatic carbocycles. The van der Waals surface area contributed by atoms with Crippen LogP contribution < -0.4 is 5.32 Å². The van der Waals surface area contributed by atoms with Gasteiger partial charge in [-0.2, -0.15) is 0 Å². The summed E-state index contributed by atoms with van der Waals surface area (Å²) in [5.41, 5.74) is 2.29. The third-order valence-electron chi connectivity index (χ3n) is 4.41. The van der Waals surface area contributed by atoms with Gasteiger partial charge in [0.15, 0.2) is 0 Å². The molecular weight excluding hydrogens is 308 g/mol. The second kappa shape index (κ2) is 10.7. The summed E-state index contributed by atoms with van der Waals surface area (Å²) in [6, 6.07) is 20.2. The van der Waals surface area contributed by atoms with Crippen molar-refractivity contribution in [3.8, 4) is 0 Å². The first-order valence-corrected chi connectivity index (χ1v) is 9.09. The number of amides is 1. The molecular formula is C22H33N2O+. The summed E-state index contributed by atoms with van der Waals surface area (Å²) in [6.45, 7) is 8.46. The number of hydrogen-bond donors (Lipinski definition) is 1. The topological polar surface area (TPSA) is 29.1 Å². The second-order valence-corrected chi connectivity index (χ2v) is 7.06. The highest BCUT2D eigenvalue weighted by molar-refractivity contribution is 5.92. The zero-order valence-corrected chi connectivity index (χ0v) is 16.3. The van der Waals surface area contributed by atoms with Gasteiger partial charge in [0.1, 0.15) is 6.54 Å². The van der Waals surface area contributed by atoms with Crippen LogP contribution in [0.15, 0.2) is 60.7 Å². The lowest BCUT2D eigenvalue weighted by molar-refractivity contribution is -0.901. The zero-order chi connectivity index (χ0) is 18.7. The van der Waals surface area contributed by atoms with Gasteiger partial charge in [-0.05, 0) is 25.5 Å². The number of para-hydroxylation sites is 1. The van der Waals surface area contributed by atoms with Crippen LogP contribution in [0.25, 0.3) is 0 Å². The minimum Gasteiger partial charge on any atom is -0.326 e. The number of nitrogens with one attached hydrogen (secondary N) is 1. The lowest BCUT2D eigenvalue weighted by atomic mass is 10.1. The molecule has 0 saturated carbocycles. The molecule has 3 nitrogen and oxygen atoms in total. The van der Waals surface area contributed by atoms with Crippen molar-refractivity contribution >= 4 is 11.6 Å². The molecule has 0 bridgehead atoms. The monoisotopic (exact) mass is 341 g/mol. The third kappa shape index (κ3) is 8.50. The Morgan fingerprint density at radius 1 is 0.960 bits per heavy atom. The van der Waals surface area contributed by atoms with Crippen molar-refractivity contribution in [1.82, 2.24) is 0 Å². The molecule has 136 valence electrons. The van der Waals surface area contributed by atoms with Crippen LogP contribution in [0.3, 0.4) is 0 Å². The van der Waals surface area contributed by atoms with Crippen molar-refractivity contribution in [2.45, 2.75) is 33.7 Å². The molecule has 0 heterocycles. The van der Waals surface area contributed by atoms with E-state index in [1.54, 1.807) is 0 Å². The van der Waals surface area contributed by atoms with E-state index in [2.05, 4.69) is 56.7 Å². The van der Waals surface area contributed by atoms with Gasteiger partial charge in [-0.25, -0.2) is 0 Å². The van der Waals surface area contributed by atoms with Gasteiger partial charge in [0.05, 0.1) is 20.6 Å². The molecule has 1 unspecified atom stereocenters. The summed E-state index contributed by atoms with van der Waals surface area (Å²) in [6.07, 6.45) is 0.874. The minimum absolute atomic E-state index is 0.0835. The van der Waals surface area contributed by atoms with Gasteiger partial charge in [-0.1, -0.05) is 62.4 Å².